The van der Waals surface area contributed by atoms with Crippen LogP contribution in [-0.4, -0.2) is 30.8 Å². The minimum atomic E-state index is -0.476. The van der Waals surface area contributed by atoms with Crippen molar-refractivity contribution in [3.05, 3.63) is 52.6 Å². The average molecular weight is 366 g/mol. The van der Waals surface area contributed by atoms with Crippen LogP contribution in [0.1, 0.15) is 17.3 Å². The molecule has 6 heteroatoms. The maximum absolute atomic E-state index is 12.0. The minimum absolute atomic E-state index is 0.148. The Bertz CT molecular complexity index is 616. The van der Waals surface area contributed by atoms with Gasteiger partial charge in [-0.1, -0.05) is 15.9 Å². The van der Waals surface area contributed by atoms with Gasteiger partial charge in [-0.3, -0.25) is 0 Å². The van der Waals surface area contributed by atoms with Gasteiger partial charge in [-0.15, -0.1) is 0 Å². The molecular weight excluding hydrogens is 350 g/mol. The van der Waals surface area contributed by atoms with E-state index in [9.17, 15) is 4.79 Å². The molecule has 2 rings (SSSR count). The van der Waals surface area contributed by atoms with Crippen molar-refractivity contribution in [3.8, 4) is 11.6 Å². The molecule has 0 bridgehead atoms. The zero-order valence-electron chi connectivity index (χ0n) is 12.1. The normalized spacial score (nSPS) is 10.1. The van der Waals surface area contributed by atoms with E-state index in [0.29, 0.717) is 12.2 Å². The Morgan fingerprint density at radius 3 is 2.64 bits per heavy atom. The molecule has 0 saturated heterocycles. The van der Waals surface area contributed by atoms with Crippen molar-refractivity contribution >= 4 is 21.9 Å². The summed E-state index contributed by atoms with van der Waals surface area (Å²) in [6, 6.07) is 10.7. The number of carbonyl (C=O) groups excluding carboxylic acids is 1. The summed E-state index contributed by atoms with van der Waals surface area (Å²) in [6.07, 6.45) is 1.57. The summed E-state index contributed by atoms with van der Waals surface area (Å²) >= 11 is 3.35. The molecule has 2 aromatic rings. The largest absolute Gasteiger partial charge is 0.490 e. The molecule has 0 saturated carbocycles. The number of esters is 1. The van der Waals surface area contributed by atoms with Crippen LogP contribution in [0.15, 0.2) is 47.1 Å². The zero-order chi connectivity index (χ0) is 15.8. The predicted octanol–water partition coefficient (Wildman–Crippen LogP) is 3.48. The summed E-state index contributed by atoms with van der Waals surface area (Å²) in [6.45, 7) is 2.69. The highest BCUT2D eigenvalue weighted by Gasteiger charge is 2.14. The molecule has 116 valence electrons. The van der Waals surface area contributed by atoms with Crippen molar-refractivity contribution < 1.29 is 19.0 Å². The number of hydrogen-bond donors (Lipinski definition) is 0. The molecule has 0 N–H and O–H groups in total. The monoisotopic (exact) mass is 365 g/mol. The number of ether oxygens (including phenoxy) is 3. The van der Waals surface area contributed by atoms with Crippen molar-refractivity contribution in [3.63, 3.8) is 0 Å². The Morgan fingerprint density at radius 1 is 1.14 bits per heavy atom. The van der Waals surface area contributed by atoms with E-state index in [1.54, 1.807) is 18.3 Å². The molecule has 1 aromatic carbocycles. The standard InChI is InChI=1S/C16H16BrNO4/c1-2-20-15-14(4-3-9-18-15)16(19)22-11-10-21-13-7-5-12(17)6-8-13/h3-9H,2,10-11H2,1H3. The molecule has 0 fully saturated rings. The topological polar surface area (TPSA) is 57.7 Å². The van der Waals surface area contributed by atoms with Crippen LogP contribution in [0, 0.1) is 0 Å². The minimum Gasteiger partial charge on any atom is -0.490 e. The number of aromatic nitrogens is 1. The molecule has 5 nitrogen and oxygen atoms in total. The maximum Gasteiger partial charge on any atom is 0.343 e. The second-order valence-electron chi connectivity index (χ2n) is 4.23. The van der Waals surface area contributed by atoms with Gasteiger partial charge in [-0.25, -0.2) is 9.78 Å². The van der Waals surface area contributed by atoms with E-state index in [-0.39, 0.29) is 19.1 Å². The molecule has 0 unspecified atom stereocenters. The van der Waals surface area contributed by atoms with Crippen LogP contribution in [0.3, 0.4) is 0 Å². The van der Waals surface area contributed by atoms with Gasteiger partial charge in [0.05, 0.1) is 6.61 Å². The van der Waals surface area contributed by atoms with Gasteiger partial charge in [0.2, 0.25) is 5.88 Å². The van der Waals surface area contributed by atoms with E-state index in [2.05, 4.69) is 20.9 Å². The fraction of sp³-hybridized carbons (Fsp3) is 0.250. The second kappa shape index (κ2) is 8.38. The third kappa shape index (κ3) is 4.73. The molecule has 0 aliphatic rings. The van der Waals surface area contributed by atoms with Crippen molar-refractivity contribution in [1.29, 1.82) is 0 Å². The van der Waals surface area contributed by atoms with E-state index < -0.39 is 5.97 Å². The highest BCUT2D eigenvalue weighted by atomic mass is 79.9. The number of halogens is 1. The Hall–Kier alpha value is -2.08. The lowest BCUT2D eigenvalue weighted by molar-refractivity contribution is 0.0445. The molecule has 0 aliphatic carbocycles. The van der Waals surface area contributed by atoms with Gasteiger partial charge in [0.15, 0.2) is 0 Å². The number of carbonyl (C=O) groups is 1. The lowest BCUT2D eigenvalue weighted by atomic mass is 10.3. The second-order valence-corrected chi connectivity index (χ2v) is 5.14. The van der Waals surface area contributed by atoms with E-state index in [4.69, 9.17) is 14.2 Å². The van der Waals surface area contributed by atoms with Gasteiger partial charge in [0.1, 0.15) is 24.5 Å². The highest BCUT2D eigenvalue weighted by molar-refractivity contribution is 9.10. The van der Waals surface area contributed by atoms with Crippen LogP contribution in [-0.2, 0) is 4.74 Å². The number of hydrogen-bond acceptors (Lipinski definition) is 5. The number of rotatable bonds is 7. The maximum atomic E-state index is 12.0. The summed E-state index contributed by atoms with van der Waals surface area (Å²) in [4.78, 5) is 16.0. The molecule has 0 spiro atoms. The molecular formula is C16H16BrNO4. The molecule has 0 amide bonds. The van der Waals surface area contributed by atoms with Crippen LogP contribution in [0.4, 0.5) is 0 Å². The molecule has 0 aliphatic heterocycles. The van der Waals surface area contributed by atoms with Crippen molar-refractivity contribution in [2.75, 3.05) is 19.8 Å². The first-order chi connectivity index (χ1) is 10.7. The van der Waals surface area contributed by atoms with Crippen molar-refractivity contribution in [2.45, 2.75) is 6.92 Å². The Labute approximate surface area is 137 Å². The number of pyridine rings is 1. The smallest absolute Gasteiger partial charge is 0.343 e. The van der Waals surface area contributed by atoms with Gasteiger partial charge >= 0.3 is 5.97 Å². The van der Waals surface area contributed by atoms with Crippen LogP contribution in [0.2, 0.25) is 0 Å². The van der Waals surface area contributed by atoms with E-state index >= 15 is 0 Å². The lowest BCUT2D eigenvalue weighted by Gasteiger charge is -2.09. The average Bonchev–Trinajstić information content (AvgIpc) is 2.54. The first kappa shape index (κ1) is 16.3. The summed E-state index contributed by atoms with van der Waals surface area (Å²) in [5.74, 6) is 0.524. The van der Waals surface area contributed by atoms with Crippen LogP contribution < -0.4 is 9.47 Å². The first-order valence-electron chi connectivity index (χ1n) is 6.84. The third-order valence-corrected chi connectivity index (χ3v) is 3.20. The zero-order valence-corrected chi connectivity index (χ0v) is 13.7. The summed E-state index contributed by atoms with van der Waals surface area (Å²) in [5.41, 5.74) is 0.313. The van der Waals surface area contributed by atoms with E-state index in [0.717, 1.165) is 10.2 Å². The summed E-state index contributed by atoms with van der Waals surface area (Å²) < 4.78 is 16.9. The fourth-order valence-corrected chi connectivity index (χ4v) is 1.96. The van der Waals surface area contributed by atoms with Gasteiger partial charge in [0.25, 0.3) is 0 Å². The molecule has 0 atom stereocenters. The van der Waals surface area contributed by atoms with Gasteiger partial charge in [-0.05, 0) is 43.3 Å². The first-order valence-corrected chi connectivity index (χ1v) is 7.63. The van der Waals surface area contributed by atoms with Crippen molar-refractivity contribution in [1.82, 2.24) is 4.98 Å². The molecule has 1 aromatic heterocycles. The van der Waals surface area contributed by atoms with Crippen LogP contribution in [0.5, 0.6) is 11.6 Å². The SMILES string of the molecule is CCOc1ncccc1C(=O)OCCOc1ccc(Br)cc1. The number of nitrogens with zero attached hydrogens (tertiary/aromatic N) is 1. The molecule has 1 heterocycles. The van der Waals surface area contributed by atoms with Gasteiger partial charge in [0, 0.05) is 10.7 Å². The highest BCUT2D eigenvalue weighted by Crippen LogP contribution is 2.17. The van der Waals surface area contributed by atoms with Crippen molar-refractivity contribution in [2.24, 2.45) is 0 Å². The van der Waals surface area contributed by atoms with Gasteiger partial charge in [-0.2, -0.15) is 0 Å². The fourth-order valence-electron chi connectivity index (χ4n) is 1.70. The molecule has 22 heavy (non-hydrogen) atoms. The quantitative estimate of drug-likeness (QED) is 0.555. The van der Waals surface area contributed by atoms with Crippen LogP contribution in [0.25, 0.3) is 0 Å². The summed E-state index contributed by atoms with van der Waals surface area (Å²) in [7, 11) is 0. The predicted molar refractivity (Wildman–Crippen MR) is 85.3 cm³/mol. The van der Waals surface area contributed by atoms with E-state index in [1.165, 1.54) is 0 Å². The summed E-state index contributed by atoms with van der Waals surface area (Å²) in [5, 5.41) is 0. The Kier molecular flexibility index (Phi) is 6.21. The molecule has 0 radical (unpaired) electrons. The van der Waals surface area contributed by atoms with Crippen LogP contribution >= 0.6 is 15.9 Å². The lowest BCUT2D eigenvalue weighted by Crippen LogP contribution is -2.14. The Morgan fingerprint density at radius 2 is 1.91 bits per heavy atom. The third-order valence-electron chi connectivity index (χ3n) is 2.67. The van der Waals surface area contributed by atoms with Gasteiger partial charge < -0.3 is 14.2 Å². The number of benzene rings is 1. The van der Waals surface area contributed by atoms with E-state index in [1.807, 2.05) is 31.2 Å². The Balaban J connectivity index is 1.81.